The molecular formula is C23H19N3O4. The number of aromatic hydroxyl groups is 1. The highest BCUT2D eigenvalue weighted by Crippen LogP contribution is 2.26. The minimum Gasteiger partial charge on any atom is -0.508 e. The van der Waals surface area contributed by atoms with E-state index in [0.29, 0.717) is 17.2 Å². The van der Waals surface area contributed by atoms with Crippen LogP contribution in [0.5, 0.6) is 11.6 Å². The zero-order chi connectivity index (χ0) is 20.9. The van der Waals surface area contributed by atoms with Crippen molar-refractivity contribution in [1.82, 2.24) is 15.0 Å². The fraction of sp³-hybridized carbons (Fsp3) is 0.130. The van der Waals surface area contributed by atoms with Crippen LogP contribution in [-0.4, -0.2) is 32.6 Å². The van der Waals surface area contributed by atoms with Crippen molar-refractivity contribution in [2.45, 2.75) is 13.5 Å². The maximum absolute atomic E-state index is 12.0. The van der Waals surface area contributed by atoms with Gasteiger partial charge in [0.15, 0.2) is 12.4 Å². The summed E-state index contributed by atoms with van der Waals surface area (Å²) in [6, 6.07) is 17.9. The first kappa shape index (κ1) is 19.3. The van der Waals surface area contributed by atoms with Crippen LogP contribution in [0.25, 0.3) is 22.2 Å². The average molecular weight is 401 g/mol. The first-order valence-electron chi connectivity index (χ1n) is 9.34. The van der Waals surface area contributed by atoms with Crippen LogP contribution in [0.2, 0.25) is 0 Å². The first-order valence-corrected chi connectivity index (χ1v) is 9.34. The number of phenolic OH excluding ortho intramolecular Hbond substituents is 1. The summed E-state index contributed by atoms with van der Waals surface area (Å²) in [6.45, 7) is 1.65. The van der Waals surface area contributed by atoms with Crippen LogP contribution in [0.15, 0.2) is 66.9 Å². The van der Waals surface area contributed by atoms with Crippen LogP contribution < -0.4 is 4.74 Å². The van der Waals surface area contributed by atoms with E-state index in [9.17, 15) is 9.90 Å². The molecule has 7 nitrogen and oxygen atoms in total. The molecule has 2 heterocycles. The third kappa shape index (κ3) is 4.70. The maximum atomic E-state index is 12.0. The van der Waals surface area contributed by atoms with Crippen LogP contribution in [0.4, 0.5) is 0 Å². The Bertz CT molecular complexity index is 1200. The lowest BCUT2D eigenvalue weighted by molar-refractivity contribution is -0.147. The lowest BCUT2D eigenvalue weighted by atomic mass is 10.1. The zero-order valence-electron chi connectivity index (χ0n) is 16.3. The average Bonchev–Trinajstić information content (AvgIpc) is 2.76. The van der Waals surface area contributed by atoms with Crippen molar-refractivity contribution in [2.75, 3.05) is 6.61 Å². The summed E-state index contributed by atoms with van der Waals surface area (Å²) >= 11 is 0. The van der Waals surface area contributed by atoms with Gasteiger partial charge in [0.1, 0.15) is 12.4 Å². The van der Waals surface area contributed by atoms with Gasteiger partial charge in [-0.3, -0.25) is 4.98 Å². The number of nitrogens with zero attached hydrogens (tertiary/aromatic N) is 3. The Morgan fingerprint density at radius 3 is 2.67 bits per heavy atom. The molecule has 0 saturated heterocycles. The lowest BCUT2D eigenvalue weighted by Gasteiger charge is -2.09. The molecule has 150 valence electrons. The molecule has 0 fully saturated rings. The minimum atomic E-state index is -0.510. The van der Waals surface area contributed by atoms with E-state index >= 15 is 0 Å². The molecule has 7 heteroatoms. The van der Waals surface area contributed by atoms with Crippen molar-refractivity contribution in [3.8, 4) is 23.0 Å². The van der Waals surface area contributed by atoms with Gasteiger partial charge in [0.05, 0.1) is 5.69 Å². The molecule has 2 aromatic heterocycles. The van der Waals surface area contributed by atoms with Crippen LogP contribution >= 0.6 is 0 Å². The van der Waals surface area contributed by atoms with Crippen LogP contribution in [0, 0.1) is 6.92 Å². The highest BCUT2D eigenvalue weighted by atomic mass is 16.6. The Balaban J connectivity index is 1.45. The fourth-order valence-corrected chi connectivity index (χ4v) is 2.93. The third-order valence-electron chi connectivity index (χ3n) is 4.36. The van der Waals surface area contributed by atoms with Gasteiger partial charge in [-0.15, -0.1) is 0 Å². The number of benzene rings is 2. The largest absolute Gasteiger partial charge is 0.508 e. The van der Waals surface area contributed by atoms with Gasteiger partial charge < -0.3 is 14.6 Å². The molecular weight excluding hydrogens is 382 g/mol. The van der Waals surface area contributed by atoms with Crippen molar-refractivity contribution in [1.29, 1.82) is 0 Å². The number of fused-ring (bicyclic) bond motifs is 1. The number of aryl methyl sites for hydroxylation is 1. The monoisotopic (exact) mass is 401 g/mol. The van der Waals surface area contributed by atoms with Gasteiger partial charge in [-0.05, 0) is 48.0 Å². The molecule has 0 bridgehead atoms. The van der Waals surface area contributed by atoms with E-state index in [1.54, 1.807) is 36.5 Å². The maximum Gasteiger partial charge on any atom is 0.344 e. The number of pyridine rings is 1. The summed E-state index contributed by atoms with van der Waals surface area (Å²) in [7, 11) is 0. The zero-order valence-corrected chi connectivity index (χ0v) is 16.3. The summed E-state index contributed by atoms with van der Waals surface area (Å²) in [6.07, 6.45) is 1.64. The first-order chi connectivity index (χ1) is 14.6. The van der Waals surface area contributed by atoms with E-state index < -0.39 is 5.97 Å². The highest BCUT2D eigenvalue weighted by Gasteiger charge is 2.10. The highest BCUT2D eigenvalue weighted by molar-refractivity contribution is 5.87. The molecule has 0 aliphatic rings. The standard InChI is InChI=1S/C23H19N3O4/c1-15-10-21(29-14-22(28)30-13-19-4-2-3-9-24-19)26-23(25-15)18-6-5-17-12-20(27)8-7-16(17)11-18/h2-12,27H,13-14H2,1H3. The molecule has 0 amide bonds. The van der Waals surface area contributed by atoms with Crippen molar-refractivity contribution in [2.24, 2.45) is 0 Å². The molecule has 0 atom stereocenters. The smallest absolute Gasteiger partial charge is 0.344 e. The topological polar surface area (TPSA) is 94.4 Å². The van der Waals surface area contributed by atoms with Gasteiger partial charge in [-0.25, -0.2) is 9.78 Å². The Hall–Kier alpha value is -4.00. The summed E-state index contributed by atoms with van der Waals surface area (Å²) < 4.78 is 10.7. The summed E-state index contributed by atoms with van der Waals surface area (Å²) in [5.74, 6) is 0.483. The SMILES string of the molecule is Cc1cc(OCC(=O)OCc2ccccn2)nc(-c2ccc3cc(O)ccc3c2)n1. The minimum absolute atomic E-state index is 0.0870. The Morgan fingerprint density at radius 2 is 1.83 bits per heavy atom. The molecule has 0 aliphatic heterocycles. The van der Waals surface area contributed by atoms with E-state index in [2.05, 4.69) is 15.0 Å². The number of carbonyl (C=O) groups is 1. The van der Waals surface area contributed by atoms with Crippen molar-refractivity contribution in [3.63, 3.8) is 0 Å². The van der Waals surface area contributed by atoms with E-state index in [1.807, 2.05) is 37.3 Å². The second kappa shape index (κ2) is 8.57. The number of hydrogen-bond acceptors (Lipinski definition) is 7. The number of phenols is 1. The second-order valence-corrected chi connectivity index (χ2v) is 6.69. The van der Waals surface area contributed by atoms with E-state index in [-0.39, 0.29) is 24.8 Å². The van der Waals surface area contributed by atoms with Crippen LogP contribution in [-0.2, 0) is 16.1 Å². The fourth-order valence-electron chi connectivity index (χ4n) is 2.93. The third-order valence-corrected chi connectivity index (χ3v) is 4.36. The molecule has 0 unspecified atom stereocenters. The molecule has 4 rings (SSSR count). The number of hydrogen-bond donors (Lipinski definition) is 1. The Morgan fingerprint density at radius 1 is 1.00 bits per heavy atom. The predicted molar refractivity (Wildman–Crippen MR) is 111 cm³/mol. The molecule has 0 spiro atoms. The molecule has 2 aromatic carbocycles. The molecule has 1 N–H and O–H groups in total. The van der Waals surface area contributed by atoms with Gasteiger partial charge in [-0.1, -0.05) is 24.3 Å². The van der Waals surface area contributed by atoms with Gasteiger partial charge in [0.25, 0.3) is 0 Å². The summed E-state index contributed by atoms with van der Waals surface area (Å²) in [4.78, 5) is 24.9. The van der Waals surface area contributed by atoms with Crippen LogP contribution in [0.1, 0.15) is 11.4 Å². The van der Waals surface area contributed by atoms with Crippen molar-refractivity contribution < 1.29 is 19.4 Å². The number of rotatable bonds is 6. The van der Waals surface area contributed by atoms with Crippen molar-refractivity contribution >= 4 is 16.7 Å². The number of esters is 1. The summed E-state index contributed by atoms with van der Waals surface area (Å²) in [5, 5.41) is 11.5. The van der Waals surface area contributed by atoms with E-state index in [4.69, 9.17) is 9.47 Å². The number of aromatic nitrogens is 3. The van der Waals surface area contributed by atoms with E-state index in [0.717, 1.165) is 16.3 Å². The molecule has 30 heavy (non-hydrogen) atoms. The number of carbonyl (C=O) groups excluding carboxylic acids is 1. The van der Waals surface area contributed by atoms with E-state index in [1.165, 1.54) is 0 Å². The van der Waals surface area contributed by atoms with Gasteiger partial charge in [0, 0.05) is 23.5 Å². The lowest BCUT2D eigenvalue weighted by Crippen LogP contribution is -2.16. The molecule has 0 saturated carbocycles. The summed E-state index contributed by atoms with van der Waals surface area (Å²) in [5.41, 5.74) is 2.18. The number of ether oxygens (including phenoxy) is 2. The molecule has 4 aromatic rings. The predicted octanol–water partition coefficient (Wildman–Crippen LogP) is 3.83. The van der Waals surface area contributed by atoms with Crippen molar-refractivity contribution in [3.05, 3.63) is 78.2 Å². The molecule has 0 radical (unpaired) electrons. The normalized spacial score (nSPS) is 10.7. The Kier molecular flexibility index (Phi) is 5.52. The van der Waals surface area contributed by atoms with Gasteiger partial charge >= 0.3 is 5.97 Å². The van der Waals surface area contributed by atoms with Gasteiger partial charge in [-0.2, -0.15) is 4.98 Å². The van der Waals surface area contributed by atoms with Gasteiger partial charge in [0.2, 0.25) is 5.88 Å². The van der Waals surface area contributed by atoms with Crippen LogP contribution in [0.3, 0.4) is 0 Å². The molecule has 0 aliphatic carbocycles. The quantitative estimate of drug-likeness (QED) is 0.491. The Labute approximate surface area is 173 Å². The second-order valence-electron chi connectivity index (χ2n) is 6.69.